The van der Waals surface area contributed by atoms with E-state index in [1.165, 1.54) is 38.6 Å². The highest BCUT2D eigenvalue weighted by atomic mass is 16.2. The molecule has 1 heterocycles. The predicted molar refractivity (Wildman–Crippen MR) is 120 cm³/mol. The van der Waals surface area contributed by atoms with Gasteiger partial charge in [-0.25, -0.2) is 4.79 Å². The zero-order valence-electron chi connectivity index (χ0n) is 18.5. The van der Waals surface area contributed by atoms with Crippen LogP contribution < -0.4 is 5.32 Å². The van der Waals surface area contributed by atoms with E-state index in [0.29, 0.717) is 19.5 Å². The molecule has 0 aromatic heterocycles. The molecule has 3 amide bonds. The van der Waals surface area contributed by atoms with E-state index in [-0.39, 0.29) is 11.9 Å². The Labute approximate surface area is 181 Å². The van der Waals surface area contributed by atoms with Crippen molar-refractivity contribution in [3.63, 3.8) is 0 Å². The van der Waals surface area contributed by atoms with Gasteiger partial charge in [0.1, 0.15) is 0 Å². The fourth-order valence-electron chi connectivity index (χ4n) is 4.64. The lowest BCUT2D eigenvalue weighted by atomic mass is 9.89. The van der Waals surface area contributed by atoms with Gasteiger partial charge in [0.15, 0.2) is 0 Å². The van der Waals surface area contributed by atoms with Gasteiger partial charge in [0.25, 0.3) is 0 Å². The number of hydrogen-bond donors (Lipinski definition) is 1. The van der Waals surface area contributed by atoms with Crippen molar-refractivity contribution in [1.29, 1.82) is 0 Å². The molecule has 0 unspecified atom stereocenters. The number of hydrogen-bond acceptors (Lipinski definition) is 3. The van der Waals surface area contributed by atoms with Crippen LogP contribution in [0.25, 0.3) is 0 Å². The number of nitrogens with zero attached hydrogens (tertiary/aromatic N) is 3. The van der Waals surface area contributed by atoms with E-state index in [1.807, 2.05) is 35.2 Å². The molecule has 1 saturated heterocycles. The van der Waals surface area contributed by atoms with Gasteiger partial charge in [-0.3, -0.25) is 4.79 Å². The minimum absolute atomic E-state index is 0.138. The molecular weight excluding hydrogens is 376 g/mol. The summed E-state index contributed by atoms with van der Waals surface area (Å²) in [5.74, 6) is 1.00. The van der Waals surface area contributed by atoms with E-state index < -0.39 is 0 Å². The summed E-state index contributed by atoms with van der Waals surface area (Å²) >= 11 is 0. The zero-order valence-corrected chi connectivity index (χ0v) is 18.5. The molecule has 30 heavy (non-hydrogen) atoms. The molecule has 0 bridgehead atoms. The highest BCUT2D eigenvalue weighted by Crippen LogP contribution is 2.24. The van der Waals surface area contributed by atoms with E-state index >= 15 is 0 Å². The maximum absolute atomic E-state index is 12.6. The van der Waals surface area contributed by atoms with Crippen LogP contribution in [0.1, 0.15) is 50.5 Å². The van der Waals surface area contributed by atoms with E-state index in [9.17, 15) is 9.59 Å². The van der Waals surface area contributed by atoms with E-state index in [0.717, 1.165) is 44.1 Å². The molecule has 0 spiro atoms. The predicted octanol–water partition coefficient (Wildman–Crippen LogP) is 3.33. The van der Waals surface area contributed by atoms with Gasteiger partial charge in [-0.2, -0.15) is 0 Å². The maximum Gasteiger partial charge on any atom is 0.317 e. The average Bonchev–Trinajstić information content (AvgIpc) is 3.00. The number of urea groups is 1. The van der Waals surface area contributed by atoms with Crippen LogP contribution in [-0.4, -0.2) is 73.0 Å². The quantitative estimate of drug-likeness (QED) is 0.745. The van der Waals surface area contributed by atoms with Crippen molar-refractivity contribution in [2.24, 2.45) is 5.92 Å². The van der Waals surface area contributed by atoms with Gasteiger partial charge in [-0.1, -0.05) is 49.6 Å². The Morgan fingerprint density at radius 3 is 2.53 bits per heavy atom. The molecule has 1 saturated carbocycles. The van der Waals surface area contributed by atoms with Gasteiger partial charge in [0.2, 0.25) is 5.91 Å². The van der Waals surface area contributed by atoms with Crippen molar-refractivity contribution < 1.29 is 9.59 Å². The number of benzene rings is 1. The Balaban J connectivity index is 1.33. The first-order valence-corrected chi connectivity index (χ1v) is 11.6. The molecule has 1 aromatic carbocycles. The first-order chi connectivity index (χ1) is 14.6. The molecule has 1 N–H and O–H groups in total. The van der Waals surface area contributed by atoms with Gasteiger partial charge in [0.05, 0.1) is 0 Å². The van der Waals surface area contributed by atoms with Crippen molar-refractivity contribution in [2.75, 3.05) is 46.3 Å². The lowest BCUT2D eigenvalue weighted by Crippen LogP contribution is -2.40. The monoisotopic (exact) mass is 414 g/mol. The second-order valence-electron chi connectivity index (χ2n) is 8.86. The summed E-state index contributed by atoms with van der Waals surface area (Å²) in [7, 11) is 1.78. The minimum Gasteiger partial charge on any atom is -0.341 e. The molecule has 2 aliphatic rings. The summed E-state index contributed by atoms with van der Waals surface area (Å²) in [4.78, 5) is 31.1. The normalized spacial score (nSPS) is 18.6. The van der Waals surface area contributed by atoms with Crippen molar-refractivity contribution in [2.45, 2.75) is 51.5 Å². The number of carbonyl (C=O) groups excluding carboxylic acids is 2. The zero-order chi connectivity index (χ0) is 21.2. The van der Waals surface area contributed by atoms with E-state index in [4.69, 9.17) is 0 Å². The van der Waals surface area contributed by atoms with Gasteiger partial charge >= 0.3 is 6.03 Å². The minimum atomic E-state index is -0.138. The third-order valence-corrected chi connectivity index (χ3v) is 6.41. The highest BCUT2D eigenvalue weighted by molar-refractivity contribution is 5.78. The summed E-state index contributed by atoms with van der Waals surface area (Å²) in [5.41, 5.74) is 1.09. The smallest absolute Gasteiger partial charge is 0.317 e. The van der Waals surface area contributed by atoms with Crippen LogP contribution in [0.3, 0.4) is 0 Å². The Hall–Kier alpha value is -2.08. The topological polar surface area (TPSA) is 55.9 Å². The summed E-state index contributed by atoms with van der Waals surface area (Å²) in [6.07, 6.45) is 8.33. The third kappa shape index (κ3) is 7.31. The van der Waals surface area contributed by atoms with Crippen molar-refractivity contribution >= 4 is 11.9 Å². The molecule has 3 rings (SSSR count). The molecule has 6 heteroatoms. The van der Waals surface area contributed by atoms with Gasteiger partial charge in [0, 0.05) is 52.7 Å². The molecule has 1 aliphatic carbocycles. The lowest BCUT2D eigenvalue weighted by molar-refractivity contribution is -0.130. The van der Waals surface area contributed by atoms with Gasteiger partial charge in [-0.15, -0.1) is 0 Å². The fraction of sp³-hybridized carbons (Fsp3) is 0.667. The summed E-state index contributed by atoms with van der Waals surface area (Å²) in [6.45, 7) is 5.87. The largest absolute Gasteiger partial charge is 0.341 e. The Morgan fingerprint density at radius 1 is 1.00 bits per heavy atom. The van der Waals surface area contributed by atoms with Crippen LogP contribution in [0.15, 0.2) is 30.3 Å². The van der Waals surface area contributed by atoms with Crippen LogP contribution >= 0.6 is 0 Å². The second kappa shape index (κ2) is 11.9. The van der Waals surface area contributed by atoms with Crippen LogP contribution in [-0.2, 0) is 11.3 Å². The van der Waals surface area contributed by atoms with Crippen LogP contribution in [0.2, 0.25) is 0 Å². The van der Waals surface area contributed by atoms with Crippen LogP contribution in [0.5, 0.6) is 0 Å². The summed E-state index contributed by atoms with van der Waals surface area (Å²) < 4.78 is 0. The first-order valence-electron chi connectivity index (χ1n) is 11.6. The van der Waals surface area contributed by atoms with Gasteiger partial charge < -0.3 is 20.0 Å². The van der Waals surface area contributed by atoms with Gasteiger partial charge in [-0.05, 0) is 37.3 Å². The molecule has 1 aliphatic heterocycles. The Morgan fingerprint density at radius 2 is 1.77 bits per heavy atom. The molecule has 0 atom stereocenters. The lowest BCUT2D eigenvalue weighted by Gasteiger charge is -2.28. The number of amides is 3. The third-order valence-electron chi connectivity index (χ3n) is 6.41. The van der Waals surface area contributed by atoms with E-state index in [2.05, 4.69) is 10.2 Å². The maximum atomic E-state index is 12.6. The van der Waals surface area contributed by atoms with Crippen molar-refractivity contribution in [3.8, 4) is 0 Å². The summed E-state index contributed by atoms with van der Waals surface area (Å²) in [6, 6.07) is 9.77. The molecule has 6 nitrogen and oxygen atoms in total. The Kier molecular flexibility index (Phi) is 9.00. The molecule has 166 valence electrons. The first kappa shape index (κ1) is 22.6. The average molecular weight is 415 g/mol. The van der Waals surface area contributed by atoms with Crippen LogP contribution in [0, 0.1) is 5.92 Å². The summed E-state index contributed by atoms with van der Waals surface area (Å²) in [5, 5.41) is 2.88. The van der Waals surface area contributed by atoms with Crippen molar-refractivity contribution in [1.82, 2.24) is 20.0 Å². The fourth-order valence-corrected chi connectivity index (χ4v) is 4.64. The standard InChI is InChI=1S/C24H38N4O2/c1-26(19-21-9-4-2-5-10-21)24(30)25-14-13-23(29)28-16-8-15-27(17-18-28)20-22-11-6-3-7-12-22/h2,4-5,9-10,22H,3,6-8,11-20H2,1H3,(H,25,30). The number of carbonyl (C=O) groups is 2. The van der Waals surface area contributed by atoms with Crippen molar-refractivity contribution in [3.05, 3.63) is 35.9 Å². The second-order valence-corrected chi connectivity index (χ2v) is 8.86. The SMILES string of the molecule is CN(Cc1ccccc1)C(=O)NCCC(=O)N1CCCN(CC2CCCCC2)CC1. The highest BCUT2D eigenvalue weighted by Gasteiger charge is 2.22. The molecule has 2 fully saturated rings. The number of nitrogens with one attached hydrogen (secondary N) is 1. The van der Waals surface area contributed by atoms with Crippen LogP contribution in [0.4, 0.5) is 4.79 Å². The molecular formula is C24H38N4O2. The molecule has 0 radical (unpaired) electrons. The number of rotatable bonds is 7. The Bertz CT molecular complexity index is 660. The van der Waals surface area contributed by atoms with E-state index in [1.54, 1.807) is 11.9 Å². The molecule has 1 aromatic rings.